The number of benzene rings is 2. The molecule has 1 amide bonds. The van der Waals surface area contributed by atoms with Gasteiger partial charge in [0.15, 0.2) is 5.16 Å². The third-order valence-corrected chi connectivity index (χ3v) is 5.85. The highest BCUT2D eigenvalue weighted by molar-refractivity contribution is 7.98. The Labute approximate surface area is 169 Å². The van der Waals surface area contributed by atoms with Crippen LogP contribution in [0.25, 0.3) is 5.69 Å². The number of nitrogens with zero attached hydrogens (tertiary/aromatic N) is 3. The molecule has 0 bridgehead atoms. The molecule has 28 heavy (non-hydrogen) atoms. The van der Waals surface area contributed by atoms with Crippen LogP contribution in [0.15, 0.2) is 53.9 Å². The summed E-state index contributed by atoms with van der Waals surface area (Å²) in [7, 11) is 1.66. The van der Waals surface area contributed by atoms with Crippen molar-refractivity contribution in [1.82, 2.24) is 9.55 Å². The van der Waals surface area contributed by atoms with Crippen LogP contribution in [-0.4, -0.2) is 35.4 Å². The Balaban J connectivity index is 1.75. The Bertz CT molecular complexity index is 1030. The molecule has 5 nitrogen and oxygen atoms in total. The van der Waals surface area contributed by atoms with Gasteiger partial charge in [0.1, 0.15) is 5.75 Å². The molecule has 1 aliphatic rings. The number of amides is 1. The second kappa shape index (κ2) is 7.72. The third kappa shape index (κ3) is 3.18. The predicted molar refractivity (Wildman–Crippen MR) is 113 cm³/mol. The molecule has 0 unspecified atom stereocenters. The van der Waals surface area contributed by atoms with E-state index in [0.717, 1.165) is 35.1 Å². The molecule has 2 heterocycles. The van der Waals surface area contributed by atoms with Crippen molar-refractivity contribution in [2.45, 2.75) is 24.9 Å². The van der Waals surface area contributed by atoms with Gasteiger partial charge in [0, 0.05) is 30.2 Å². The van der Waals surface area contributed by atoms with Crippen LogP contribution in [0.5, 0.6) is 5.75 Å². The number of hydrogen-bond donors (Lipinski definition) is 0. The molecule has 1 aliphatic heterocycles. The fraction of sp³-hybridized carbons (Fsp3) is 0.273. The highest BCUT2D eigenvalue weighted by Crippen LogP contribution is 2.39. The van der Waals surface area contributed by atoms with E-state index in [0.29, 0.717) is 12.1 Å². The molecule has 2 aromatic carbocycles. The van der Waals surface area contributed by atoms with Crippen LogP contribution in [-0.2, 0) is 6.42 Å². The average Bonchev–Trinajstić information content (AvgIpc) is 3.22. The zero-order valence-electron chi connectivity index (χ0n) is 16.3. The summed E-state index contributed by atoms with van der Waals surface area (Å²) in [5.41, 5.74) is 4.91. The maximum absolute atomic E-state index is 13.5. The van der Waals surface area contributed by atoms with E-state index < -0.39 is 0 Å². The molecule has 6 heteroatoms. The van der Waals surface area contributed by atoms with E-state index in [2.05, 4.69) is 18.0 Å². The highest BCUT2D eigenvalue weighted by atomic mass is 32.2. The SMILES string of the molecule is COc1ccc(C)c2c1N(C(=O)c1cccc(-n3ccnc3SC)c1)CCC2. The normalized spacial score (nSPS) is 13.3. The molecule has 0 atom stereocenters. The molecule has 0 saturated carbocycles. The minimum absolute atomic E-state index is 0.00230. The number of imidazole rings is 1. The van der Waals surface area contributed by atoms with Gasteiger partial charge < -0.3 is 9.64 Å². The number of hydrogen-bond acceptors (Lipinski definition) is 4. The summed E-state index contributed by atoms with van der Waals surface area (Å²) >= 11 is 1.58. The lowest BCUT2D eigenvalue weighted by Gasteiger charge is -2.32. The molecular formula is C22H23N3O2S. The predicted octanol–water partition coefficient (Wildman–Crippen LogP) is 4.50. The molecule has 0 spiro atoms. The van der Waals surface area contributed by atoms with Gasteiger partial charge in [-0.05, 0) is 61.4 Å². The van der Waals surface area contributed by atoms with E-state index in [1.807, 2.05) is 52.3 Å². The number of carbonyl (C=O) groups excluding carboxylic acids is 1. The zero-order chi connectivity index (χ0) is 19.7. The second-order valence-electron chi connectivity index (χ2n) is 6.81. The Kier molecular flexibility index (Phi) is 5.13. The van der Waals surface area contributed by atoms with Crippen LogP contribution in [0.2, 0.25) is 0 Å². The first-order valence-electron chi connectivity index (χ1n) is 9.30. The molecule has 4 rings (SSSR count). The van der Waals surface area contributed by atoms with Crippen LogP contribution in [0.3, 0.4) is 0 Å². The number of thioether (sulfide) groups is 1. The Morgan fingerprint density at radius 1 is 1.25 bits per heavy atom. The molecular weight excluding hydrogens is 370 g/mol. The highest BCUT2D eigenvalue weighted by Gasteiger charge is 2.28. The fourth-order valence-corrected chi connectivity index (χ4v) is 4.33. The van der Waals surface area contributed by atoms with Gasteiger partial charge in [-0.15, -0.1) is 0 Å². The molecule has 0 aliphatic carbocycles. The number of aryl methyl sites for hydroxylation is 1. The van der Waals surface area contributed by atoms with Gasteiger partial charge in [0.25, 0.3) is 5.91 Å². The molecule has 0 radical (unpaired) electrons. The van der Waals surface area contributed by atoms with Crippen molar-refractivity contribution < 1.29 is 9.53 Å². The molecule has 0 N–H and O–H groups in total. The van der Waals surface area contributed by atoms with Crippen molar-refractivity contribution in [3.8, 4) is 11.4 Å². The van der Waals surface area contributed by atoms with E-state index in [-0.39, 0.29) is 5.91 Å². The van der Waals surface area contributed by atoms with E-state index in [9.17, 15) is 4.79 Å². The molecule has 3 aromatic rings. The Hall–Kier alpha value is -2.73. The van der Waals surface area contributed by atoms with Crippen LogP contribution >= 0.6 is 11.8 Å². The molecule has 0 saturated heterocycles. The van der Waals surface area contributed by atoms with Crippen molar-refractivity contribution in [3.63, 3.8) is 0 Å². The zero-order valence-corrected chi connectivity index (χ0v) is 17.1. The molecule has 144 valence electrons. The van der Waals surface area contributed by atoms with E-state index in [1.165, 1.54) is 11.1 Å². The standard InChI is InChI=1S/C22H23N3O2S/c1-15-9-10-19(27-2)20-18(15)8-5-12-25(20)21(26)16-6-4-7-17(14-16)24-13-11-23-22(24)28-3/h4,6-7,9-11,13-14H,5,8,12H2,1-3H3. The Morgan fingerprint density at radius 2 is 2.11 bits per heavy atom. The summed E-state index contributed by atoms with van der Waals surface area (Å²) in [6.45, 7) is 2.78. The minimum Gasteiger partial charge on any atom is -0.495 e. The number of methoxy groups -OCH3 is 1. The second-order valence-corrected chi connectivity index (χ2v) is 7.58. The lowest BCUT2D eigenvalue weighted by Crippen LogP contribution is -2.36. The topological polar surface area (TPSA) is 47.4 Å². The first kappa shape index (κ1) is 18.6. The van der Waals surface area contributed by atoms with Crippen molar-refractivity contribution in [3.05, 3.63) is 65.5 Å². The third-order valence-electron chi connectivity index (χ3n) is 5.18. The van der Waals surface area contributed by atoms with Gasteiger partial charge in [0.2, 0.25) is 0 Å². The maximum atomic E-state index is 13.5. The van der Waals surface area contributed by atoms with Gasteiger partial charge in [-0.1, -0.05) is 23.9 Å². The largest absolute Gasteiger partial charge is 0.495 e. The van der Waals surface area contributed by atoms with Gasteiger partial charge in [0.05, 0.1) is 12.8 Å². The summed E-state index contributed by atoms with van der Waals surface area (Å²) in [6, 6.07) is 11.7. The minimum atomic E-state index is -0.00230. The van der Waals surface area contributed by atoms with Gasteiger partial charge in [-0.3, -0.25) is 9.36 Å². The van der Waals surface area contributed by atoms with Gasteiger partial charge >= 0.3 is 0 Å². The Morgan fingerprint density at radius 3 is 2.89 bits per heavy atom. The molecule has 1 aromatic heterocycles. The van der Waals surface area contributed by atoms with Crippen molar-refractivity contribution >= 4 is 23.4 Å². The smallest absolute Gasteiger partial charge is 0.258 e. The number of anilines is 1. The van der Waals surface area contributed by atoms with E-state index in [1.54, 1.807) is 25.1 Å². The fourth-order valence-electron chi connectivity index (χ4n) is 3.80. The monoisotopic (exact) mass is 393 g/mol. The number of fused-ring (bicyclic) bond motifs is 1. The van der Waals surface area contributed by atoms with Gasteiger partial charge in [-0.2, -0.15) is 0 Å². The number of ether oxygens (including phenoxy) is 1. The van der Waals surface area contributed by atoms with Crippen LogP contribution < -0.4 is 9.64 Å². The van der Waals surface area contributed by atoms with Crippen molar-refractivity contribution in [2.24, 2.45) is 0 Å². The molecule has 0 fully saturated rings. The summed E-state index contributed by atoms with van der Waals surface area (Å²) in [6.07, 6.45) is 7.60. The first-order valence-corrected chi connectivity index (χ1v) is 10.5. The summed E-state index contributed by atoms with van der Waals surface area (Å²) in [5, 5.41) is 0.894. The number of aromatic nitrogens is 2. The van der Waals surface area contributed by atoms with Crippen LogP contribution in [0.4, 0.5) is 5.69 Å². The summed E-state index contributed by atoms with van der Waals surface area (Å²) in [4.78, 5) is 19.7. The number of rotatable bonds is 4. The lowest BCUT2D eigenvalue weighted by atomic mass is 9.95. The van der Waals surface area contributed by atoms with Crippen LogP contribution in [0.1, 0.15) is 27.9 Å². The number of carbonyl (C=O) groups is 1. The van der Waals surface area contributed by atoms with E-state index >= 15 is 0 Å². The lowest BCUT2D eigenvalue weighted by molar-refractivity contribution is 0.0984. The summed E-state index contributed by atoms with van der Waals surface area (Å²) in [5.74, 6) is 0.751. The first-order chi connectivity index (χ1) is 13.6. The van der Waals surface area contributed by atoms with E-state index in [4.69, 9.17) is 4.74 Å². The quantitative estimate of drug-likeness (QED) is 0.612. The maximum Gasteiger partial charge on any atom is 0.258 e. The van der Waals surface area contributed by atoms with Crippen molar-refractivity contribution in [1.29, 1.82) is 0 Å². The van der Waals surface area contributed by atoms with Crippen LogP contribution in [0, 0.1) is 6.92 Å². The van der Waals surface area contributed by atoms with Gasteiger partial charge in [-0.25, -0.2) is 4.98 Å². The van der Waals surface area contributed by atoms with Crippen molar-refractivity contribution in [2.75, 3.05) is 24.8 Å². The average molecular weight is 394 g/mol. The summed E-state index contributed by atoms with van der Waals surface area (Å²) < 4.78 is 7.58.